The second-order valence-electron chi connectivity index (χ2n) is 4.92. The van der Waals surface area contributed by atoms with Crippen LogP contribution in [0.1, 0.15) is 25.7 Å². The van der Waals surface area contributed by atoms with Crippen molar-refractivity contribution >= 4 is 10.9 Å². The average molecular weight is 230 g/mol. The fourth-order valence-electron chi connectivity index (χ4n) is 2.66. The molecule has 1 aromatic carbocycles. The van der Waals surface area contributed by atoms with Gasteiger partial charge >= 0.3 is 0 Å². The summed E-state index contributed by atoms with van der Waals surface area (Å²) in [5.74, 6) is 1.73. The topological polar surface area (TPSA) is 27.1 Å². The zero-order valence-electron chi connectivity index (χ0n) is 10.2. The summed E-state index contributed by atoms with van der Waals surface area (Å²) < 4.78 is 7.85. The van der Waals surface area contributed by atoms with Crippen molar-refractivity contribution in [2.45, 2.75) is 25.7 Å². The van der Waals surface area contributed by atoms with Gasteiger partial charge in [-0.15, -0.1) is 0 Å². The van der Waals surface area contributed by atoms with E-state index in [-0.39, 0.29) is 0 Å². The minimum absolute atomic E-state index is 0.752. The lowest BCUT2D eigenvalue weighted by atomic mass is 10.1. The van der Waals surface area contributed by atoms with Gasteiger partial charge in [0.25, 0.3) is 0 Å². The molecule has 0 spiro atoms. The van der Waals surface area contributed by atoms with E-state index in [9.17, 15) is 0 Å². The number of ether oxygens (including phenoxy) is 1. The number of benzene rings is 1. The van der Waals surface area contributed by atoms with Crippen molar-refractivity contribution in [1.29, 1.82) is 0 Å². The molecule has 0 amide bonds. The second kappa shape index (κ2) is 4.40. The Bertz CT molecular complexity index is 512. The SMILES string of the molecule is Cn1ncc2c(OCC3CCCC3)cccc21. The maximum Gasteiger partial charge on any atom is 0.130 e. The first kappa shape index (κ1) is 10.6. The van der Waals surface area contributed by atoms with E-state index < -0.39 is 0 Å². The number of aromatic nitrogens is 2. The second-order valence-corrected chi connectivity index (χ2v) is 4.92. The Hall–Kier alpha value is -1.51. The summed E-state index contributed by atoms with van der Waals surface area (Å²) in [6.45, 7) is 0.855. The Morgan fingerprint density at radius 3 is 3.00 bits per heavy atom. The van der Waals surface area contributed by atoms with Gasteiger partial charge in [0.15, 0.2) is 0 Å². The Kier molecular flexibility index (Phi) is 2.75. The van der Waals surface area contributed by atoms with Gasteiger partial charge in [-0.2, -0.15) is 5.10 Å². The molecule has 3 rings (SSSR count). The first-order valence-electron chi connectivity index (χ1n) is 6.38. The summed E-state index contributed by atoms with van der Waals surface area (Å²) in [5, 5.41) is 5.39. The summed E-state index contributed by atoms with van der Waals surface area (Å²) in [6, 6.07) is 6.15. The molecule has 0 atom stereocenters. The first-order valence-corrected chi connectivity index (χ1v) is 6.38. The van der Waals surface area contributed by atoms with Crippen LogP contribution in [0.3, 0.4) is 0 Å². The molecule has 1 saturated carbocycles. The molecule has 1 heterocycles. The van der Waals surface area contributed by atoms with Gasteiger partial charge in [-0.3, -0.25) is 4.68 Å². The fourth-order valence-corrected chi connectivity index (χ4v) is 2.66. The van der Waals surface area contributed by atoms with Crippen LogP contribution >= 0.6 is 0 Å². The van der Waals surface area contributed by atoms with E-state index in [1.165, 1.54) is 25.7 Å². The smallest absolute Gasteiger partial charge is 0.130 e. The number of hydrogen-bond acceptors (Lipinski definition) is 2. The third-order valence-corrected chi connectivity index (χ3v) is 3.70. The average Bonchev–Trinajstić information content (AvgIpc) is 2.97. The summed E-state index contributed by atoms with van der Waals surface area (Å²) in [6.07, 6.45) is 7.27. The molecule has 1 fully saturated rings. The Labute approximate surface area is 101 Å². The van der Waals surface area contributed by atoms with Gasteiger partial charge in [0, 0.05) is 7.05 Å². The van der Waals surface area contributed by atoms with Crippen LogP contribution < -0.4 is 4.74 Å². The van der Waals surface area contributed by atoms with Crippen LogP contribution in [0.2, 0.25) is 0 Å². The zero-order valence-corrected chi connectivity index (χ0v) is 10.2. The molecule has 1 aliphatic carbocycles. The van der Waals surface area contributed by atoms with E-state index in [4.69, 9.17) is 4.74 Å². The zero-order chi connectivity index (χ0) is 11.7. The van der Waals surface area contributed by atoms with Gasteiger partial charge in [0.1, 0.15) is 5.75 Å². The van der Waals surface area contributed by atoms with Crippen LogP contribution in [0.5, 0.6) is 5.75 Å². The van der Waals surface area contributed by atoms with Crippen molar-refractivity contribution in [1.82, 2.24) is 9.78 Å². The highest BCUT2D eigenvalue weighted by Gasteiger charge is 2.16. The molecule has 1 aliphatic rings. The minimum Gasteiger partial charge on any atom is -0.493 e. The predicted molar refractivity (Wildman–Crippen MR) is 68.2 cm³/mol. The molecule has 0 radical (unpaired) electrons. The monoisotopic (exact) mass is 230 g/mol. The number of fused-ring (bicyclic) bond motifs is 1. The highest BCUT2D eigenvalue weighted by atomic mass is 16.5. The maximum absolute atomic E-state index is 5.96. The molecule has 3 nitrogen and oxygen atoms in total. The van der Waals surface area contributed by atoms with Crippen molar-refractivity contribution in [2.24, 2.45) is 13.0 Å². The van der Waals surface area contributed by atoms with Gasteiger partial charge < -0.3 is 4.74 Å². The highest BCUT2D eigenvalue weighted by molar-refractivity contribution is 5.85. The van der Waals surface area contributed by atoms with E-state index in [1.807, 2.05) is 30.1 Å². The van der Waals surface area contributed by atoms with Crippen LogP contribution in [0.15, 0.2) is 24.4 Å². The molecule has 1 aromatic heterocycles. The van der Waals surface area contributed by atoms with E-state index in [1.54, 1.807) is 0 Å². The summed E-state index contributed by atoms with van der Waals surface area (Å²) in [7, 11) is 1.96. The standard InChI is InChI=1S/C14H18N2O/c1-16-13-7-4-8-14(12(13)9-15-16)17-10-11-5-2-3-6-11/h4,7-9,11H,2-3,5-6,10H2,1H3. The van der Waals surface area contributed by atoms with Gasteiger partial charge in [-0.25, -0.2) is 0 Å². The van der Waals surface area contributed by atoms with Crippen LogP contribution in [-0.2, 0) is 7.05 Å². The molecule has 0 N–H and O–H groups in total. The Balaban J connectivity index is 1.79. The van der Waals surface area contributed by atoms with Crippen molar-refractivity contribution in [2.75, 3.05) is 6.61 Å². The van der Waals surface area contributed by atoms with Gasteiger partial charge in [0.05, 0.1) is 23.7 Å². The van der Waals surface area contributed by atoms with Crippen molar-refractivity contribution in [3.63, 3.8) is 0 Å². The maximum atomic E-state index is 5.96. The lowest BCUT2D eigenvalue weighted by molar-refractivity contribution is 0.255. The summed E-state index contributed by atoms with van der Waals surface area (Å²) >= 11 is 0. The van der Waals surface area contributed by atoms with Gasteiger partial charge in [-0.05, 0) is 30.9 Å². The van der Waals surface area contributed by atoms with E-state index >= 15 is 0 Å². The largest absolute Gasteiger partial charge is 0.493 e. The molecule has 0 bridgehead atoms. The summed E-state index contributed by atoms with van der Waals surface area (Å²) in [4.78, 5) is 0. The molecular weight excluding hydrogens is 212 g/mol. The number of aryl methyl sites for hydroxylation is 1. The normalized spacial score (nSPS) is 16.8. The van der Waals surface area contributed by atoms with Crippen molar-refractivity contribution < 1.29 is 4.74 Å². The van der Waals surface area contributed by atoms with E-state index in [2.05, 4.69) is 11.2 Å². The quantitative estimate of drug-likeness (QED) is 0.810. The number of nitrogens with zero attached hydrogens (tertiary/aromatic N) is 2. The molecule has 0 unspecified atom stereocenters. The lowest BCUT2D eigenvalue weighted by Gasteiger charge is -2.11. The number of rotatable bonds is 3. The van der Waals surface area contributed by atoms with E-state index in [0.717, 1.165) is 29.2 Å². The van der Waals surface area contributed by atoms with Crippen LogP contribution in [-0.4, -0.2) is 16.4 Å². The van der Waals surface area contributed by atoms with Gasteiger partial charge in [-0.1, -0.05) is 18.9 Å². The highest BCUT2D eigenvalue weighted by Crippen LogP contribution is 2.28. The Morgan fingerprint density at radius 1 is 1.35 bits per heavy atom. The molecule has 2 aromatic rings. The third-order valence-electron chi connectivity index (χ3n) is 3.70. The molecule has 0 aliphatic heterocycles. The van der Waals surface area contributed by atoms with Crippen molar-refractivity contribution in [3.8, 4) is 5.75 Å². The molecule has 90 valence electrons. The molecule has 0 saturated heterocycles. The fraction of sp³-hybridized carbons (Fsp3) is 0.500. The van der Waals surface area contributed by atoms with Crippen molar-refractivity contribution in [3.05, 3.63) is 24.4 Å². The first-order chi connectivity index (χ1) is 8.34. The Morgan fingerprint density at radius 2 is 2.18 bits per heavy atom. The van der Waals surface area contributed by atoms with E-state index in [0.29, 0.717) is 0 Å². The van der Waals surface area contributed by atoms with Gasteiger partial charge in [0.2, 0.25) is 0 Å². The summed E-state index contributed by atoms with van der Waals surface area (Å²) in [5.41, 5.74) is 1.13. The van der Waals surface area contributed by atoms with Crippen LogP contribution in [0.25, 0.3) is 10.9 Å². The van der Waals surface area contributed by atoms with Crippen LogP contribution in [0.4, 0.5) is 0 Å². The molecule has 17 heavy (non-hydrogen) atoms. The van der Waals surface area contributed by atoms with Crippen LogP contribution in [0, 0.1) is 5.92 Å². The predicted octanol–water partition coefficient (Wildman–Crippen LogP) is 3.14. The number of hydrogen-bond donors (Lipinski definition) is 0. The lowest BCUT2D eigenvalue weighted by Crippen LogP contribution is -2.08. The molecular formula is C14H18N2O. The molecule has 3 heteroatoms. The third kappa shape index (κ3) is 2.02. The minimum atomic E-state index is 0.752.